The largest absolute Gasteiger partial charge is 0.350 e. The van der Waals surface area contributed by atoms with Crippen molar-refractivity contribution in [3.05, 3.63) is 172 Å². The van der Waals surface area contributed by atoms with E-state index in [1.807, 2.05) is 72.8 Å². The maximum Gasteiger partial charge on any atom is 0.260 e. The Labute approximate surface area is 228 Å². The minimum atomic E-state index is -0.644. The van der Waals surface area contributed by atoms with Crippen molar-refractivity contribution in [2.24, 2.45) is 7.05 Å². The van der Waals surface area contributed by atoms with Crippen molar-refractivity contribution in [1.82, 2.24) is 18.7 Å². The van der Waals surface area contributed by atoms with Crippen LogP contribution in [-0.4, -0.2) is 18.7 Å². The third-order valence-corrected chi connectivity index (χ3v) is 7.60. The number of rotatable bonds is 7. The number of hydrogen-bond acceptors (Lipinski definition) is 2. The summed E-state index contributed by atoms with van der Waals surface area (Å²) in [7, 11) is 1.95. The van der Waals surface area contributed by atoms with Crippen LogP contribution in [0.3, 0.4) is 0 Å². The van der Waals surface area contributed by atoms with Crippen molar-refractivity contribution in [3.8, 4) is 11.3 Å². The number of pyridine rings is 1. The Kier molecular flexibility index (Phi) is 6.33. The lowest BCUT2D eigenvalue weighted by Gasteiger charge is -2.38. The van der Waals surface area contributed by atoms with Gasteiger partial charge in [0.25, 0.3) is 5.56 Å². The fraction of sp³-hybridized carbons (Fsp3) is 0.118. The van der Waals surface area contributed by atoms with Gasteiger partial charge >= 0.3 is 0 Å². The Hall–Kier alpha value is -4.90. The van der Waals surface area contributed by atoms with Crippen LogP contribution in [-0.2, 0) is 19.1 Å². The molecule has 0 saturated heterocycles. The maximum atomic E-state index is 13.5. The second-order valence-electron chi connectivity index (χ2n) is 9.81. The molecule has 0 saturated carbocycles. The number of benzene rings is 3. The molecule has 3 aromatic carbocycles. The molecule has 0 aliphatic heterocycles. The highest BCUT2D eigenvalue weighted by Crippen LogP contribution is 2.41. The van der Waals surface area contributed by atoms with E-state index < -0.39 is 5.54 Å². The first kappa shape index (κ1) is 24.4. The van der Waals surface area contributed by atoms with Gasteiger partial charge in [0.15, 0.2) is 0 Å². The van der Waals surface area contributed by atoms with Crippen molar-refractivity contribution < 1.29 is 0 Å². The van der Waals surface area contributed by atoms with Crippen LogP contribution in [0.25, 0.3) is 11.3 Å². The molecule has 5 nitrogen and oxygen atoms in total. The van der Waals surface area contributed by atoms with E-state index in [2.05, 4.69) is 84.3 Å². The molecule has 39 heavy (non-hydrogen) atoms. The van der Waals surface area contributed by atoms with Crippen molar-refractivity contribution in [1.29, 1.82) is 0 Å². The summed E-state index contributed by atoms with van der Waals surface area (Å²) in [6.07, 6.45) is 5.71. The van der Waals surface area contributed by atoms with Crippen molar-refractivity contribution in [3.63, 3.8) is 0 Å². The fourth-order valence-corrected chi connectivity index (χ4v) is 5.65. The van der Waals surface area contributed by atoms with Gasteiger partial charge in [-0.25, -0.2) is 4.98 Å². The van der Waals surface area contributed by atoms with E-state index in [4.69, 9.17) is 4.98 Å². The summed E-state index contributed by atoms with van der Waals surface area (Å²) in [5.74, 6) is 0. The molecule has 6 rings (SSSR count). The molecular formula is C34H30N4O. The molecule has 3 aromatic heterocycles. The molecule has 0 bridgehead atoms. The Morgan fingerprint density at radius 2 is 1.23 bits per heavy atom. The first-order chi connectivity index (χ1) is 19.1. The maximum absolute atomic E-state index is 13.5. The van der Waals surface area contributed by atoms with Crippen LogP contribution in [0.2, 0.25) is 0 Å². The molecule has 6 aromatic rings. The SMILES string of the molecule is Cc1c(Cn2cccc(-c3cccn3C)c2=O)ncn1C(c1ccccc1)(c1ccccc1)c1ccccc1. The highest BCUT2D eigenvalue weighted by molar-refractivity contribution is 5.58. The smallest absolute Gasteiger partial charge is 0.260 e. The monoisotopic (exact) mass is 510 g/mol. The van der Waals surface area contributed by atoms with Gasteiger partial charge in [0.2, 0.25) is 0 Å². The predicted molar refractivity (Wildman–Crippen MR) is 156 cm³/mol. The summed E-state index contributed by atoms with van der Waals surface area (Å²) in [6.45, 7) is 2.47. The lowest BCUT2D eigenvalue weighted by molar-refractivity contribution is 0.502. The van der Waals surface area contributed by atoms with E-state index in [9.17, 15) is 4.79 Å². The number of nitrogens with zero attached hydrogens (tertiary/aromatic N) is 4. The highest BCUT2D eigenvalue weighted by atomic mass is 16.1. The van der Waals surface area contributed by atoms with E-state index in [1.165, 1.54) is 0 Å². The Bertz CT molecular complexity index is 1670. The molecule has 0 radical (unpaired) electrons. The quantitative estimate of drug-likeness (QED) is 0.238. The molecule has 0 fully saturated rings. The van der Waals surface area contributed by atoms with Crippen LogP contribution in [0.15, 0.2) is 139 Å². The van der Waals surface area contributed by atoms with Gasteiger partial charge in [0, 0.05) is 25.1 Å². The summed E-state index contributed by atoms with van der Waals surface area (Å²) >= 11 is 0. The zero-order valence-corrected chi connectivity index (χ0v) is 22.1. The van der Waals surface area contributed by atoms with E-state index in [-0.39, 0.29) is 5.56 Å². The van der Waals surface area contributed by atoms with E-state index in [0.717, 1.165) is 33.8 Å². The third kappa shape index (κ3) is 4.12. The molecule has 192 valence electrons. The van der Waals surface area contributed by atoms with Gasteiger partial charge < -0.3 is 13.7 Å². The lowest BCUT2D eigenvalue weighted by Crippen LogP contribution is -2.38. The normalized spacial score (nSPS) is 11.5. The molecule has 5 heteroatoms. The molecule has 0 atom stereocenters. The third-order valence-electron chi connectivity index (χ3n) is 7.60. The van der Waals surface area contributed by atoms with Gasteiger partial charge in [-0.15, -0.1) is 0 Å². The molecule has 0 aliphatic rings. The van der Waals surface area contributed by atoms with Gasteiger partial charge in [0.05, 0.1) is 29.8 Å². The first-order valence-electron chi connectivity index (χ1n) is 13.1. The highest BCUT2D eigenvalue weighted by Gasteiger charge is 2.39. The van der Waals surface area contributed by atoms with Crippen LogP contribution in [0, 0.1) is 6.92 Å². The summed E-state index contributed by atoms with van der Waals surface area (Å²) in [4.78, 5) is 18.4. The lowest BCUT2D eigenvalue weighted by atomic mass is 9.76. The van der Waals surface area contributed by atoms with Gasteiger partial charge in [-0.3, -0.25) is 4.79 Å². The summed E-state index contributed by atoms with van der Waals surface area (Å²) in [5.41, 5.74) is 6.16. The van der Waals surface area contributed by atoms with Crippen LogP contribution in [0.5, 0.6) is 0 Å². The van der Waals surface area contributed by atoms with Crippen LogP contribution < -0.4 is 5.56 Å². The Morgan fingerprint density at radius 3 is 1.74 bits per heavy atom. The average Bonchev–Trinajstić information content (AvgIpc) is 3.57. The molecule has 0 spiro atoms. The predicted octanol–water partition coefficient (Wildman–Crippen LogP) is 6.25. The van der Waals surface area contributed by atoms with Crippen LogP contribution in [0.4, 0.5) is 0 Å². The van der Waals surface area contributed by atoms with Crippen molar-refractivity contribution >= 4 is 0 Å². The standard InChI is InChI=1S/C34H30N4O/c1-26-31(24-37-23-12-20-30(33(37)39)32-21-13-22-36(32)2)35-25-38(26)34(27-14-6-3-7-15-27,28-16-8-4-9-17-28)29-18-10-5-11-19-29/h3-23,25H,24H2,1-2H3. The minimum Gasteiger partial charge on any atom is -0.350 e. The zero-order valence-electron chi connectivity index (χ0n) is 22.1. The summed E-state index contributed by atoms with van der Waals surface area (Å²) in [6, 6.07) is 39.4. The Morgan fingerprint density at radius 1 is 0.692 bits per heavy atom. The number of aromatic nitrogens is 4. The number of aryl methyl sites for hydroxylation is 1. The Balaban J connectivity index is 1.53. The topological polar surface area (TPSA) is 44.8 Å². The van der Waals surface area contributed by atoms with E-state index in [0.29, 0.717) is 12.1 Å². The number of imidazole rings is 1. The van der Waals surface area contributed by atoms with Crippen molar-refractivity contribution in [2.75, 3.05) is 0 Å². The number of hydrogen-bond donors (Lipinski definition) is 0. The second-order valence-corrected chi connectivity index (χ2v) is 9.81. The van der Waals surface area contributed by atoms with Crippen molar-refractivity contribution in [2.45, 2.75) is 19.0 Å². The van der Waals surface area contributed by atoms with Gasteiger partial charge in [-0.1, -0.05) is 91.0 Å². The summed E-state index contributed by atoms with van der Waals surface area (Å²) in [5, 5.41) is 0. The van der Waals surface area contributed by atoms with Gasteiger partial charge in [-0.05, 0) is 47.9 Å². The minimum absolute atomic E-state index is 0.0336. The van der Waals surface area contributed by atoms with Gasteiger partial charge in [-0.2, -0.15) is 0 Å². The molecule has 0 amide bonds. The molecule has 3 heterocycles. The first-order valence-corrected chi connectivity index (χ1v) is 13.1. The van der Waals surface area contributed by atoms with Crippen LogP contribution in [0.1, 0.15) is 28.1 Å². The average molecular weight is 511 g/mol. The molecular weight excluding hydrogens is 480 g/mol. The molecule has 0 aliphatic carbocycles. The molecule has 0 N–H and O–H groups in total. The zero-order chi connectivity index (χ0) is 26.8. The van der Waals surface area contributed by atoms with E-state index in [1.54, 1.807) is 4.57 Å². The second kappa shape index (κ2) is 10.1. The summed E-state index contributed by atoms with van der Waals surface area (Å²) < 4.78 is 5.97. The van der Waals surface area contributed by atoms with E-state index >= 15 is 0 Å². The van der Waals surface area contributed by atoms with Crippen LogP contribution >= 0.6 is 0 Å². The fourth-order valence-electron chi connectivity index (χ4n) is 5.65. The molecule has 0 unspecified atom stereocenters. The van der Waals surface area contributed by atoms with Gasteiger partial charge in [0.1, 0.15) is 5.54 Å².